The second-order valence-electron chi connectivity index (χ2n) is 5.16. The second kappa shape index (κ2) is 9.35. The van der Waals surface area contributed by atoms with E-state index in [1.165, 1.54) is 30.8 Å². The third-order valence-corrected chi connectivity index (χ3v) is 4.82. The van der Waals surface area contributed by atoms with Crippen LogP contribution in [0.1, 0.15) is 5.56 Å². The lowest BCUT2D eigenvalue weighted by Crippen LogP contribution is -2.22. The molecule has 0 aliphatic carbocycles. The molecule has 0 spiro atoms. The summed E-state index contributed by atoms with van der Waals surface area (Å²) < 4.78 is 5.87. The SMILES string of the molecule is Cc1c(NC(=O)COC(=O)CSc2ccc(Br)cc2)cccc1[N+](=O)[O-]. The van der Waals surface area contributed by atoms with Crippen LogP contribution in [0.25, 0.3) is 0 Å². The molecule has 2 aromatic rings. The van der Waals surface area contributed by atoms with Gasteiger partial charge in [0.15, 0.2) is 6.61 Å². The number of nitro benzene ring substituents is 1. The summed E-state index contributed by atoms with van der Waals surface area (Å²) >= 11 is 4.63. The van der Waals surface area contributed by atoms with Gasteiger partial charge in [-0.05, 0) is 37.3 Å². The van der Waals surface area contributed by atoms with Gasteiger partial charge in [0.25, 0.3) is 11.6 Å². The molecule has 0 atom stereocenters. The molecule has 9 heteroatoms. The minimum atomic E-state index is -0.560. The zero-order chi connectivity index (χ0) is 19.1. The smallest absolute Gasteiger partial charge is 0.316 e. The lowest BCUT2D eigenvalue weighted by Gasteiger charge is -2.09. The Morgan fingerprint density at radius 2 is 1.92 bits per heavy atom. The Morgan fingerprint density at radius 3 is 2.58 bits per heavy atom. The molecular formula is C17H15BrN2O5S. The Labute approximate surface area is 162 Å². The molecule has 1 N–H and O–H groups in total. The van der Waals surface area contributed by atoms with Crippen molar-refractivity contribution in [1.29, 1.82) is 0 Å². The average molecular weight is 439 g/mol. The normalized spacial score (nSPS) is 10.2. The summed E-state index contributed by atoms with van der Waals surface area (Å²) in [6.45, 7) is 1.08. The fourth-order valence-corrected chi connectivity index (χ4v) is 2.96. The van der Waals surface area contributed by atoms with Gasteiger partial charge in [0, 0.05) is 15.4 Å². The molecule has 0 aromatic heterocycles. The number of anilines is 1. The molecule has 0 bridgehead atoms. The van der Waals surface area contributed by atoms with Crippen LogP contribution < -0.4 is 5.32 Å². The molecule has 136 valence electrons. The Bertz CT molecular complexity index is 826. The molecular weight excluding hydrogens is 424 g/mol. The van der Waals surface area contributed by atoms with Gasteiger partial charge in [0.2, 0.25) is 0 Å². The molecule has 0 heterocycles. The Morgan fingerprint density at radius 1 is 1.23 bits per heavy atom. The Kier molecular flexibility index (Phi) is 7.16. The topological polar surface area (TPSA) is 98.5 Å². The van der Waals surface area contributed by atoms with E-state index in [4.69, 9.17) is 4.74 Å². The minimum Gasteiger partial charge on any atom is -0.455 e. The molecule has 0 aliphatic heterocycles. The number of nitrogens with zero attached hydrogens (tertiary/aromatic N) is 1. The summed E-state index contributed by atoms with van der Waals surface area (Å²) in [6, 6.07) is 11.8. The lowest BCUT2D eigenvalue weighted by atomic mass is 10.1. The number of benzene rings is 2. The van der Waals surface area contributed by atoms with Gasteiger partial charge in [-0.3, -0.25) is 19.7 Å². The number of carbonyl (C=O) groups excluding carboxylic acids is 2. The van der Waals surface area contributed by atoms with Crippen LogP contribution in [0.2, 0.25) is 0 Å². The van der Waals surface area contributed by atoms with Crippen molar-refractivity contribution in [3.63, 3.8) is 0 Å². The molecule has 0 fully saturated rings. The highest BCUT2D eigenvalue weighted by Gasteiger charge is 2.15. The predicted octanol–water partition coefficient (Wildman–Crippen LogP) is 3.94. The fourth-order valence-electron chi connectivity index (χ4n) is 2.00. The summed E-state index contributed by atoms with van der Waals surface area (Å²) in [5.41, 5.74) is 0.554. The number of carbonyl (C=O) groups is 2. The number of nitrogens with one attached hydrogen (secondary N) is 1. The predicted molar refractivity (Wildman–Crippen MR) is 102 cm³/mol. The van der Waals surface area contributed by atoms with E-state index in [1.807, 2.05) is 24.3 Å². The molecule has 7 nitrogen and oxygen atoms in total. The van der Waals surface area contributed by atoms with Crippen molar-refractivity contribution in [3.8, 4) is 0 Å². The van der Waals surface area contributed by atoms with Crippen LogP contribution in [0, 0.1) is 17.0 Å². The molecule has 26 heavy (non-hydrogen) atoms. The first-order valence-electron chi connectivity index (χ1n) is 7.44. The van der Waals surface area contributed by atoms with E-state index in [0.717, 1.165) is 9.37 Å². The molecule has 0 unspecified atom stereocenters. The van der Waals surface area contributed by atoms with Gasteiger partial charge < -0.3 is 10.1 Å². The van der Waals surface area contributed by atoms with E-state index < -0.39 is 23.4 Å². The Balaban J connectivity index is 1.81. The summed E-state index contributed by atoms with van der Waals surface area (Å²) in [5.74, 6) is -1.01. The number of ether oxygens (including phenoxy) is 1. The number of nitro groups is 1. The van der Waals surface area contributed by atoms with Gasteiger partial charge in [0.1, 0.15) is 0 Å². The number of amides is 1. The first-order chi connectivity index (χ1) is 12.4. The molecule has 1 amide bonds. The van der Waals surface area contributed by atoms with Crippen LogP contribution in [0.3, 0.4) is 0 Å². The van der Waals surface area contributed by atoms with Crippen molar-refractivity contribution in [2.45, 2.75) is 11.8 Å². The monoisotopic (exact) mass is 438 g/mol. The zero-order valence-corrected chi connectivity index (χ0v) is 16.1. The molecule has 2 aromatic carbocycles. The summed E-state index contributed by atoms with van der Waals surface area (Å²) in [7, 11) is 0. The van der Waals surface area contributed by atoms with Gasteiger partial charge in [-0.1, -0.05) is 22.0 Å². The van der Waals surface area contributed by atoms with E-state index >= 15 is 0 Å². The number of rotatable bonds is 7. The van der Waals surface area contributed by atoms with Crippen LogP contribution in [0.5, 0.6) is 0 Å². The van der Waals surface area contributed by atoms with Gasteiger partial charge in [-0.15, -0.1) is 11.8 Å². The highest BCUT2D eigenvalue weighted by Crippen LogP contribution is 2.25. The largest absolute Gasteiger partial charge is 0.455 e. The quantitative estimate of drug-likeness (QED) is 0.304. The van der Waals surface area contributed by atoms with Crippen molar-refractivity contribution >= 4 is 50.9 Å². The number of esters is 1. The number of thioether (sulfide) groups is 1. The highest BCUT2D eigenvalue weighted by atomic mass is 79.9. The number of hydrogen-bond donors (Lipinski definition) is 1. The van der Waals surface area contributed by atoms with E-state index in [2.05, 4.69) is 21.2 Å². The van der Waals surface area contributed by atoms with Crippen molar-refractivity contribution < 1.29 is 19.2 Å². The van der Waals surface area contributed by atoms with E-state index in [0.29, 0.717) is 11.3 Å². The Hall–Kier alpha value is -2.39. The molecule has 0 saturated carbocycles. The van der Waals surface area contributed by atoms with Crippen LogP contribution in [-0.4, -0.2) is 29.2 Å². The van der Waals surface area contributed by atoms with E-state index in [1.54, 1.807) is 6.07 Å². The maximum atomic E-state index is 11.9. The van der Waals surface area contributed by atoms with Crippen LogP contribution in [0.15, 0.2) is 51.8 Å². The summed E-state index contributed by atoms with van der Waals surface area (Å²) in [6.07, 6.45) is 0. The van der Waals surface area contributed by atoms with E-state index in [9.17, 15) is 19.7 Å². The average Bonchev–Trinajstić information content (AvgIpc) is 2.61. The maximum Gasteiger partial charge on any atom is 0.316 e. The first kappa shape index (κ1) is 19.9. The van der Waals surface area contributed by atoms with Crippen LogP contribution >= 0.6 is 27.7 Å². The van der Waals surface area contributed by atoms with Gasteiger partial charge in [-0.2, -0.15) is 0 Å². The summed E-state index contributed by atoms with van der Waals surface area (Å²) in [4.78, 5) is 34.9. The lowest BCUT2D eigenvalue weighted by molar-refractivity contribution is -0.385. The van der Waals surface area contributed by atoms with Crippen molar-refractivity contribution in [3.05, 3.63) is 62.6 Å². The highest BCUT2D eigenvalue weighted by molar-refractivity contribution is 9.10. The van der Waals surface area contributed by atoms with Gasteiger partial charge >= 0.3 is 5.97 Å². The van der Waals surface area contributed by atoms with Crippen molar-refractivity contribution in [2.75, 3.05) is 17.7 Å². The van der Waals surface area contributed by atoms with Gasteiger partial charge in [-0.25, -0.2) is 0 Å². The minimum absolute atomic E-state index is 0.0742. The van der Waals surface area contributed by atoms with Crippen LogP contribution in [0.4, 0.5) is 11.4 Å². The zero-order valence-electron chi connectivity index (χ0n) is 13.7. The fraction of sp³-hybridized carbons (Fsp3) is 0.176. The molecule has 2 rings (SSSR count). The summed E-state index contributed by atoms with van der Waals surface area (Å²) in [5, 5.41) is 13.4. The second-order valence-corrected chi connectivity index (χ2v) is 7.12. The number of hydrogen-bond acceptors (Lipinski definition) is 6. The molecule has 0 radical (unpaired) electrons. The van der Waals surface area contributed by atoms with E-state index in [-0.39, 0.29) is 11.4 Å². The third-order valence-electron chi connectivity index (χ3n) is 3.31. The van der Waals surface area contributed by atoms with Crippen LogP contribution in [-0.2, 0) is 14.3 Å². The van der Waals surface area contributed by atoms with Crippen molar-refractivity contribution in [2.24, 2.45) is 0 Å². The third kappa shape index (κ3) is 5.85. The van der Waals surface area contributed by atoms with Crippen molar-refractivity contribution in [1.82, 2.24) is 0 Å². The first-order valence-corrected chi connectivity index (χ1v) is 9.22. The van der Waals surface area contributed by atoms with Gasteiger partial charge in [0.05, 0.1) is 21.9 Å². The molecule has 0 aliphatic rings. The standard InChI is InChI=1S/C17H15BrN2O5S/c1-11-14(3-2-4-15(11)20(23)24)19-16(21)9-25-17(22)10-26-13-7-5-12(18)6-8-13/h2-8H,9-10H2,1H3,(H,19,21). The number of halogens is 1. The maximum absolute atomic E-state index is 11.9. The molecule has 0 saturated heterocycles.